The zero-order chi connectivity index (χ0) is 15.0. The van der Waals surface area contributed by atoms with Crippen LogP contribution in [0.15, 0.2) is 18.3 Å². The lowest BCUT2D eigenvalue weighted by Gasteiger charge is -2.06. The van der Waals surface area contributed by atoms with Crippen LogP contribution in [0.4, 0.5) is 0 Å². The van der Waals surface area contributed by atoms with E-state index in [4.69, 9.17) is 0 Å². The monoisotopic (exact) mass is 274 g/mol. The number of nitrogens with one attached hydrogen (secondary N) is 1. The van der Waals surface area contributed by atoms with Crippen LogP contribution in [0.25, 0.3) is 0 Å². The summed E-state index contributed by atoms with van der Waals surface area (Å²) >= 11 is 0. The van der Waals surface area contributed by atoms with Crippen LogP contribution < -0.4 is 5.32 Å². The third kappa shape index (κ3) is 2.72. The molecule has 1 aliphatic carbocycles. The van der Waals surface area contributed by atoms with Crippen LogP contribution in [0.3, 0.4) is 0 Å². The Hall–Kier alpha value is -1.38. The maximum Gasteiger partial charge on any atom is 0.224 e. The van der Waals surface area contributed by atoms with Crippen molar-refractivity contribution in [3.05, 3.63) is 29.6 Å². The molecule has 1 N–H and O–H groups in total. The molecule has 0 atom stereocenters. The van der Waals surface area contributed by atoms with E-state index in [1.807, 2.05) is 12.3 Å². The zero-order valence-electron chi connectivity index (χ0n) is 13.3. The van der Waals surface area contributed by atoms with E-state index < -0.39 is 0 Å². The molecule has 1 saturated carbocycles. The van der Waals surface area contributed by atoms with Crippen LogP contribution in [0, 0.1) is 23.7 Å². The van der Waals surface area contributed by atoms with E-state index >= 15 is 0 Å². The average Bonchev–Trinajstić information content (AvgIpc) is 2.75. The molecule has 1 heterocycles. The van der Waals surface area contributed by atoms with Gasteiger partial charge in [-0.05, 0) is 48.3 Å². The van der Waals surface area contributed by atoms with E-state index in [0.717, 1.165) is 25.1 Å². The lowest BCUT2D eigenvalue weighted by atomic mass is 10.0. The number of rotatable bonds is 5. The second-order valence-electron chi connectivity index (χ2n) is 7.10. The van der Waals surface area contributed by atoms with Gasteiger partial charge in [-0.15, -0.1) is 0 Å². The second kappa shape index (κ2) is 5.19. The molecule has 110 valence electrons. The van der Waals surface area contributed by atoms with E-state index in [2.05, 4.69) is 51.0 Å². The maximum atomic E-state index is 12.2. The number of nitrogens with zero attached hydrogens (tertiary/aromatic N) is 1. The van der Waals surface area contributed by atoms with Crippen molar-refractivity contribution in [2.75, 3.05) is 6.54 Å². The zero-order valence-corrected chi connectivity index (χ0v) is 13.3. The molecule has 1 aromatic heterocycles. The van der Waals surface area contributed by atoms with Crippen LogP contribution in [0.2, 0.25) is 0 Å². The SMILES string of the molecule is Cc1ccnc(CCCNC(=O)C2C(C)(C)C2(C)C)c1. The first kappa shape index (κ1) is 15.0. The Morgan fingerprint density at radius 2 is 1.95 bits per heavy atom. The molecule has 0 radical (unpaired) electrons. The average molecular weight is 274 g/mol. The highest BCUT2D eigenvalue weighted by Crippen LogP contribution is 2.68. The van der Waals surface area contributed by atoms with Gasteiger partial charge in [0.05, 0.1) is 0 Å². The normalized spacial score (nSPS) is 19.6. The number of carbonyl (C=O) groups excluding carboxylic acids is 1. The van der Waals surface area contributed by atoms with Crippen molar-refractivity contribution in [1.82, 2.24) is 10.3 Å². The molecule has 0 bridgehead atoms. The summed E-state index contributed by atoms with van der Waals surface area (Å²) in [6.45, 7) is 11.5. The molecular weight excluding hydrogens is 248 g/mol. The molecule has 1 fully saturated rings. The van der Waals surface area contributed by atoms with Crippen molar-refractivity contribution < 1.29 is 4.79 Å². The summed E-state index contributed by atoms with van der Waals surface area (Å²) in [6, 6.07) is 4.11. The molecule has 0 unspecified atom stereocenters. The molecule has 3 nitrogen and oxygen atoms in total. The van der Waals surface area contributed by atoms with Crippen molar-refractivity contribution >= 4 is 5.91 Å². The summed E-state index contributed by atoms with van der Waals surface area (Å²) in [6.07, 6.45) is 3.70. The molecule has 0 spiro atoms. The first-order valence-corrected chi connectivity index (χ1v) is 7.46. The highest BCUT2D eigenvalue weighted by molar-refractivity contribution is 5.84. The third-order valence-electron chi connectivity index (χ3n) is 5.16. The summed E-state index contributed by atoms with van der Waals surface area (Å²) in [4.78, 5) is 16.5. The molecule has 20 heavy (non-hydrogen) atoms. The summed E-state index contributed by atoms with van der Waals surface area (Å²) in [5.74, 6) is 0.351. The van der Waals surface area contributed by atoms with Crippen molar-refractivity contribution in [2.24, 2.45) is 16.7 Å². The van der Waals surface area contributed by atoms with Crippen LogP contribution in [0.5, 0.6) is 0 Å². The smallest absolute Gasteiger partial charge is 0.224 e. The molecule has 1 amide bonds. The predicted molar refractivity (Wildman–Crippen MR) is 81.4 cm³/mol. The number of hydrogen-bond donors (Lipinski definition) is 1. The van der Waals surface area contributed by atoms with Crippen molar-refractivity contribution in [3.8, 4) is 0 Å². The van der Waals surface area contributed by atoms with E-state index in [1.165, 1.54) is 5.56 Å². The highest BCUT2D eigenvalue weighted by atomic mass is 16.2. The maximum absolute atomic E-state index is 12.2. The lowest BCUT2D eigenvalue weighted by molar-refractivity contribution is -0.123. The van der Waals surface area contributed by atoms with Gasteiger partial charge in [-0.3, -0.25) is 9.78 Å². The first-order chi connectivity index (χ1) is 9.26. The fraction of sp³-hybridized carbons (Fsp3) is 0.647. The lowest BCUT2D eigenvalue weighted by Crippen LogP contribution is -2.28. The minimum atomic E-state index is 0.120. The molecule has 0 saturated heterocycles. The predicted octanol–water partition coefficient (Wildman–Crippen LogP) is 3.12. The number of hydrogen-bond acceptors (Lipinski definition) is 2. The van der Waals surface area contributed by atoms with Crippen LogP contribution in [-0.4, -0.2) is 17.4 Å². The van der Waals surface area contributed by atoms with Crippen LogP contribution in [0.1, 0.15) is 45.4 Å². The Labute approximate surface area is 122 Å². The standard InChI is InChI=1S/C17H26N2O/c1-12-8-10-18-13(11-12)7-6-9-19-15(20)14-16(2,3)17(14,4)5/h8,10-11,14H,6-7,9H2,1-5H3,(H,19,20). The van der Waals surface area contributed by atoms with Crippen molar-refractivity contribution in [2.45, 2.75) is 47.5 Å². The molecule has 0 aliphatic heterocycles. The van der Waals surface area contributed by atoms with E-state index in [9.17, 15) is 4.79 Å². The number of carbonyl (C=O) groups is 1. The Morgan fingerprint density at radius 3 is 2.50 bits per heavy atom. The van der Waals surface area contributed by atoms with Gasteiger partial charge < -0.3 is 5.32 Å². The Balaban J connectivity index is 1.74. The Kier molecular flexibility index (Phi) is 3.90. The van der Waals surface area contributed by atoms with Gasteiger partial charge in [-0.25, -0.2) is 0 Å². The molecule has 3 heteroatoms. The number of pyridine rings is 1. The fourth-order valence-corrected chi connectivity index (χ4v) is 3.17. The molecule has 1 aromatic rings. The first-order valence-electron chi connectivity index (χ1n) is 7.46. The van der Waals surface area contributed by atoms with Gasteiger partial charge in [0, 0.05) is 24.4 Å². The summed E-state index contributed by atoms with van der Waals surface area (Å²) in [5.41, 5.74) is 2.58. The third-order valence-corrected chi connectivity index (χ3v) is 5.16. The van der Waals surface area contributed by atoms with Gasteiger partial charge in [-0.2, -0.15) is 0 Å². The second-order valence-corrected chi connectivity index (χ2v) is 7.10. The summed E-state index contributed by atoms with van der Waals surface area (Å²) in [5, 5.41) is 3.07. The minimum absolute atomic E-state index is 0.120. The van der Waals surface area contributed by atoms with E-state index in [-0.39, 0.29) is 22.7 Å². The van der Waals surface area contributed by atoms with E-state index in [1.54, 1.807) is 0 Å². The largest absolute Gasteiger partial charge is 0.356 e. The Morgan fingerprint density at radius 1 is 1.30 bits per heavy atom. The van der Waals surface area contributed by atoms with E-state index in [0.29, 0.717) is 0 Å². The highest BCUT2D eigenvalue weighted by Gasteiger charge is 2.68. The Bertz CT molecular complexity index is 491. The van der Waals surface area contributed by atoms with Gasteiger partial charge >= 0.3 is 0 Å². The number of aryl methyl sites for hydroxylation is 2. The van der Waals surface area contributed by atoms with Gasteiger partial charge in [0.15, 0.2) is 0 Å². The topological polar surface area (TPSA) is 42.0 Å². The molecule has 0 aromatic carbocycles. The van der Waals surface area contributed by atoms with Gasteiger partial charge in [0.1, 0.15) is 0 Å². The van der Waals surface area contributed by atoms with Gasteiger partial charge in [0.2, 0.25) is 5.91 Å². The number of amides is 1. The quantitative estimate of drug-likeness (QED) is 0.838. The fourth-order valence-electron chi connectivity index (χ4n) is 3.17. The summed E-state index contributed by atoms with van der Waals surface area (Å²) < 4.78 is 0. The summed E-state index contributed by atoms with van der Waals surface area (Å²) in [7, 11) is 0. The molecule has 2 rings (SSSR count). The van der Waals surface area contributed by atoms with Crippen LogP contribution in [-0.2, 0) is 11.2 Å². The van der Waals surface area contributed by atoms with Gasteiger partial charge in [-0.1, -0.05) is 27.7 Å². The molecular formula is C17H26N2O. The van der Waals surface area contributed by atoms with Crippen LogP contribution >= 0.6 is 0 Å². The van der Waals surface area contributed by atoms with Crippen molar-refractivity contribution in [1.29, 1.82) is 0 Å². The number of aromatic nitrogens is 1. The minimum Gasteiger partial charge on any atom is -0.356 e. The van der Waals surface area contributed by atoms with Crippen molar-refractivity contribution in [3.63, 3.8) is 0 Å². The molecule has 1 aliphatic rings. The van der Waals surface area contributed by atoms with Gasteiger partial charge in [0.25, 0.3) is 0 Å².